The van der Waals surface area contributed by atoms with Crippen molar-refractivity contribution in [2.45, 2.75) is 19.8 Å². The molecule has 0 atom stereocenters. The van der Waals surface area contributed by atoms with Crippen molar-refractivity contribution in [1.82, 2.24) is 19.8 Å². The largest absolute Gasteiger partial charge is 0.493 e. The molecule has 0 spiro atoms. The van der Waals surface area contributed by atoms with E-state index in [4.69, 9.17) is 9.47 Å². The van der Waals surface area contributed by atoms with Crippen LogP contribution in [0.3, 0.4) is 0 Å². The number of nitrogens with one attached hydrogen (secondary N) is 2. The predicted molar refractivity (Wildman–Crippen MR) is 114 cm³/mol. The Kier molecular flexibility index (Phi) is 7.40. The molecule has 0 bridgehead atoms. The van der Waals surface area contributed by atoms with E-state index in [2.05, 4.69) is 20.2 Å². The molecule has 10 nitrogen and oxygen atoms in total. The Morgan fingerprint density at radius 3 is 2.45 bits per heavy atom. The summed E-state index contributed by atoms with van der Waals surface area (Å²) >= 11 is 1.11. The molecule has 0 aliphatic carbocycles. The highest BCUT2D eigenvalue weighted by atomic mass is 32.1. The fourth-order valence-corrected chi connectivity index (χ4v) is 3.96. The summed E-state index contributed by atoms with van der Waals surface area (Å²) in [7, 11) is 3.01. The van der Waals surface area contributed by atoms with Gasteiger partial charge in [0.15, 0.2) is 11.5 Å². The summed E-state index contributed by atoms with van der Waals surface area (Å²) in [5.41, 5.74) is 1.07. The van der Waals surface area contributed by atoms with Gasteiger partial charge in [-0.15, -0.1) is 5.10 Å². The number of hydrogen-bond donors (Lipinski definition) is 2. The van der Waals surface area contributed by atoms with E-state index in [9.17, 15) is 14.4 Å². The van der Waals surface area contributed by atoms with Crippen LogP contribution < -0.4 is 20.1 Å². The van der Waals surface area contributed by atoms with Crippen LogP contribution in [0.1, 0.15) is 28.2 Å². The number of carbonyl (C=O) groups is 3. The second-order valence-corrected chi connectivity index (χ2v) is 7.91. The van der Waals surface area contributed by atoms with Crippen LogP contribution in [-0.2, 0) is 9.59 Å². The van der Waals surface area contributed by atoms with Crippen LogP contribution in [0.25, 0.3) is 0 Å². The van der Waals surface area contributed by atoms with Gasteiger partial charge >= 0.3 is 11.8 Å². The van der Waals surface area contributed by atoms with E-state index >= 15 is 0 Å². The first kappa shape index (κ1) is 22.5. The predicted octanol–water partition coefficient (Wildman–Crippen LogP) is 1.47. The molecule has 1 aromatic heterocycles. The van der Waals surface area contributed by atoms with Crippen LogP contribution in [0.5, 0.6) is 11.5 Å². The van der Waals surface area contributed by atoms with Gasteiger partial charge in [-0.1, -0.05) is 4.49 Å². The summed E-state index contributed by atoms with van der Waals surface area (Å²) in [5.74, 6) is -0.345. The molecule has 31 heavy (non-hydrogen) atoms. The Morgan fingerprint density at radius 1 is 1.13 bits per heavy atom. The second-order valence-electron chi connectivity index (χ2n) is 7.16. The standard InChI is InChI=1S/C20H25N5O5S/c1-12-17(31-24-23-12)20(28)25-8-6-13(7-9-25)11-21-18(26)19(27)22-14-4-5-15(29-2)16(10-14)30-3/h4-5,10,13H,6-9,11H2,1-3H3,(H,21,26)(H,22,27). The number of hydrogen-bond acceptors (Lipinski definition) is 8. The smallest absolute Gasteiger partial charge is 0.313 e. The van der Waals surface area contributed by atoms with E-state index in [1.54, 1.807) is 30.0 Å². The first-order valence-corrected chi connectivity index (χ1v) is 10.6. The van der Waals surface area contributed by atoms with Crippen molar-refractivity contribution in [3.05, 3.63) is 28.8 Å². The maximum atomic E-state index is 12.5. The third kappa shape index (κ3) is 5.48. The molecular weight excluding hydrogens is 422 g/mol. The first-order chi connectivity index (χ1) is 14.9. The van der Waals surface area contributed by atoms with Gasteiger partial charge in [0.05, 0.1) is 19.9 Å². The topological polar surface area (TPSA) is 123 Å². The molecule has 1 aromatic carbocycles. The monoisotopic (exact) mass is 447 g/mol. The van der Waals surface area contributed by atoms with Crippen molar-refractivity contribution < 1.29 is 23.9 Å². The van der Waals surface area contributed by atoms with Crippen LogP contribution in [-0.4, -0.2) is 66.1 Å². The van der Waals surface area contributed by atoms with Crippen LogP contribution in [0.15, 0.2) is 18.2 Å². The maximum absolute atomic E-state index is 12.5. The fraction of sp³-hybridized carbons (Fsp3) is 0.450. The average Bonchev–Trinajstić information content (AvgIpc) is 3.22. The van der Waals surface area contributed by atoms with Gasteiger partial charge in [0.2, 0.25) is 0 Å². The Bertz CT molecular complexity index is 955. The highest BCUT2D eigenvalue weighted by Crippen LogP contribution is 2.29. The first-order valence-electron chi connectivity index (χ1n) is 9.82. The number of likely N-dealkylation sites (tertiary alicyclic amines) is 1. The lowest BCUT2D eigenvalue weighted by Gasteiger charge is -2.31. The van der Waals surface area contributed by atoms with E-state index in [0.29, 0.717) is 47.4 Å². The summed E-state index contributed by atoms with van der Waals surface area (Å²) in [6, 6.07) is 4.85. The van der Waals surface area contributed by atoms with Crippen LogP contribution in [0.2, 0.25) is 0 Å². The molecule has 1 aliphatic rings. The molecule has 11 heteroatoms. The molecule has 0 unspecified atom stereocenters. The van der Waals surface area contributed by atoms with Crippen molar-refractivity contribution in [2.24, 2.45) is 5.92 Å². The van der Waals surface area contributed by atoms with Crippen molar-refractivity contribution in [1.29, 1.82) is 0 Å². The molecular formula is C20H25N5O5S. The number of aromatic nitrogens is 2. The number of benzene rings is 1. The third-order valence-electron chi connectivity index (χ3n) is 5.15. The van der Waals surface area contributed by atoms with Gasteiger partial charge in [0.1, 0.15) is 4.88 Å². The Balaban J connectivity index is 1.44. The van der Waals surface area contributed by atoms with Gasteiger partial charge in [-0.05, 0) is 49.3 Å². The fourth-order valence-electron chi connectivity index (χ4n) is 3.33. The third-order valence-corrected chi connectivity index (χ3v) is 5.96. The summed E-state index contributed by atoms with van der Waals surface area (Å²) < 4.78 is 14.2. The highest BCUT2D eigenvalue weighted by molar-refractivity contribution is 7.07. The molecule has 0 radical (unpaired) electrons. The van der Waals surface area contributed by atoms with Crippen LogP contribution in [0, 0.1) is 12.8 Å². The van der Waals surface area contributed by atoms with E-state index in [0.717, 1.165) is 24.4 Å². The normalized spacial score (nSPS) is 14.1. The van der Waals surface area contributed by atoms with Crippen molar-refractivity contribution in [2.75, 3.05) is 39.2 Å². The van der Waals surface area contributed by atoms with E-state index in [1.807, 2.05) is 0 Å². The summed E-state index contributed by atoms with van der Waals surface area (Å²) in [5, 5.41) is 9.11. The minimum Gasteiger partial charge on any atom is -0.493 e. The lowest BCUT2D eigenvalue weighted by Crippen LogP contribution is -2.43. The van der Waals surface area contributed by atoms with Gasteiger partial charge in [0, 0.05) is 31.4 Å². The van der Waals surface area contributed by atoms with Gasteiger partial charge < -0.3 is 25.0 Å². The zero-order valence-electron chi connectivity index (χ0n) is 17.6. The van der Waals surface area contributed by atoms with Gasteiger partial charge in [-0.25, -0.2) is 0 Å². The molecule has 2 heterocycles. The van der Waals surface area contributed by atoms with Crippen LogP contribution in [0.4, 0.5) is 5.69 Å². The van der Waals surface area contributed by atoms with Crippen molar-refractivity contribution in [3.8, 4) is 11.5 Å². The number of methoxy groups -OCH3 is 2. The molecule has 1 aliphatic heterocycles. The Morgan fingerprint density at radius 2 is 1.84 bits per heavy atom. The number of anilines is 1. The summed E-state index contributed by atoms with van der Waals surface area (Å²) in [4.78, 5) is 39.2. The van der Waals surface area contributed by atoms with E-state index < -0.39 is 11.8 Å². The Labute approximate surface area is 184 Å². The quantitative estimate of drug-likeness (QED) is 0.643. The number of ether oxygens (including phenoxy) is 2. The molecule has 2 aromatic rings. The average molecular weight is 448 g/mol. The lowest BCUT2D eigenvalue weighted by atomic mass is 9.96. The zero-order chi connectivity index (χ0) is 22.4. The minimum absolute atomic E-state index is 0.0516. The number of nitrogens with zero attached hydrogens (tertiary/aromatic N) is 3. The molecule has 3 rings (SSSR count). The van der Waals surface area contributed by atoms with Crippen molar-refractivity contribution >= 4 is 34.9 Å². The summed E-state index contributed by atoms with van der Waals surface area (Å²) in [6.07, 6.45) is 1.49. The molecule has 0 saturated carbocycles. The number of rotatable bonds is 6. The molecule has 1 saturated heterocycles. The van der Waals surface area contributed by atoms with Gasteiger partial charge in [-0.3, -0.25) is 14.4 Å². The van der Waals surface area contributed by atoms with E-state index in [-0.39, 0.29) is 11.8 Å². The number of piperidine rings is 1. The second kappa shape index (κ2) is 10.2. The number of carbonyl (C=O) groups excluding carboxylic acids is 3. The highest BCUT2D eigenvalue weighted by Gasteiger charge is 2.26. The van der Waals surface area contributed by atoms with Gasteiger partial charge in [-0.2, -0.15) is 0 Å². The molecule has 166 valence electrons. The summed E-state index contributed by atoms with van der Waals surface area (Å²) in [6.45, 7) is 3.33. The minimum atomic E-state index is -0.756. The zero-order valence-corrected chi connectivity index (χ0v) is 18.5. The molecule has 1 fully saturated rings. The van der Waals surface area contributed by atoms with Crippen LogP contribution >= 0.6 is 11.5 Å². The maximum Gasteiger partial charge on any atom is 0.313 e. The number of aryl methyl sites for hydroxylation is 1. The lowest BCUT2D eigenvalue weighted by molar-refractivity contribution is -0.136. The number of amides is 3. The molecule has 3 amide bonds. The Hall–Kier alpha value is -3.21. The SMILES string of the molecule is COc1ccc(NC(=O)C(=O)NCC2CCN(C(=O)c3snnc3C)CC2)cc1OC. The van der Waals surface area contributed by atoms with Crippen molar-refractivity contribution in [3.63, 3.8) is 0 Å². The van der Waals surface area contributed by atoms with E-state index in [1.165, 1.54) is 14.2 Å². The van der Waals surface area contributed by atoms with Gasteiger partial charge in [0.25, 0.3) is 5.91 Å². The molecule has 2 N–H and O–H groups in total.